The summed E-state index contributed by atoms with van der Waals surface area (Å²) in [5, 5.41) is 8.60. The molecule has 0 saturated carbocycles. The quantitative estimate of drug-likeness (QED) is 0.645. The zero-order valence-electron chi connectivity index (χ0n) is 9.21. The lowest BCUT2D eigenvalue weighted by Crippen LogP contribution is -2.34. The summed E-state index contributed by atoms with van der Waals surface area (Å²) >= 11 is 0. The van der Waals surface area contributed by atoms with Gasteiger partial charge in [-0.25, -0.2) is 0 Å². The monoisotopic (exact) mass is 186 g/mol. The lowest BCUT2D eigenvalue weighted by molar-refractivity contribution is -0.0364. The number of aliphatic hydroxyl groups is 1. The highest BCUT2D eigenvalue weighted by Gasteiger charge is 2.28. The molecular weight excluding hydrogens is 164 g/mol. The SMILES string of the molecule is CCC(C)C(C)(C/C=C/CO)OC. The van der Waals surface area contributed by atoms with Gasteiger partial charge in [-0.1, -0.05) is 32.4 Å². The molecule has 0 aliphatic rings. The van der Waals surface area contributed by atoms with Crippen LogP contribution in [0.2, 0.25) is 0 Å². The van der Waals surface area contributed by atoms with Crippen LogP contribution in [0.15, 0.2) is 12.2 Å². The molecule has 0 spiro atoms. The third-order valence-corrected chi connectivity index (χ3v) is 2.92. The Hall–Kier alpha value is -0.340. The minimum Gasteiger partial charge on any atom is -0.392 e. The summed E-state index contributed by atoms with van der Waals surface area (Å²) in [4.78, 5) is 0. The summed E-state index contributed by atoms with van der Waals surface area (Å²) in [6.07, 6.45) is 5.71. The Morgan fingerprint density at radius 2 is 2.08 bits per heavy atom. The maximum absolute atomic E-state index is 8.60. The largest absolute Gasteiger partial charge is 0.392 e. The molecule has 0 heterocycles. The fraction of sp³-hybridized carbons (Fsp3) is 0.818. The number of hydrogen-bond donors (Lipinski definition) is 1. The molecule has 0 aliphatic carbocycles. The van der Waals surface area contributed by atoms with Gasteiger partial charge in [-0.2, -0.15) is 0 Å². The number of ether oxygens (including phenoxy) is 1. The second-order valence-corrected chi connectivity index (χ2v) is 3.68. The van der Waals surface area contributed by atoms with Crippen LogP contribution in [0, 0.1) is 5.92 Å². The van der Waals surface area contributed by atoms with E-state index in [1.807, 2.05) is 6.08 Å². The fourth-order valence-electron chi connectivity index (χ4n) is 1.31. The molecule has 0 amide bonds. The van der Waals surface area contributed by atoms with Crippen molar-refractivity contribution in [2.75, 3.05) is 13.7 Å². The van der Waals surface area contributed by atoms with Crippen molar-refractivity contribution in [3.8, 4) is 0 Å². The van der Waals surface area contributed by atoms with Crippen molar-refractivity contribution in [2.24, 2.45) is 5.92 Å². The maximum atomic E-state index is 8.60. The van der Waals surface area contributed by atoms with Gasteiger partial charge in [-0.15, -0.1) is 0 Å². The third-order valence-electron chi connectivity index (χ3n) is 2.92. The molecule has 78 valence electrons. The Balaban J connectivity index is 4.18. The number of hydrogen-bond acceptors (Lipinski definition) is 2. The Morgan fingerprint density at radius 3 is 2.46 bits per heavy atom. The summed E-state index contributed by atoms with van der Waals surface area (Å²) in [5.41, 5.74) is -0.0968. The van der Waals surface area contributed by atoms with E-state index in [2.05, 4.69) is 20.8 Å². The van der Waals surface area contributed by atoms with E-state index in [1.54, 1.807) is 13.2 Å². The number of rotatable bonds is 6. The summed E-state index contributed by atoms with van der Waals surface area (Å²) in [6, 6.07) is 0. The predicted molar refractivity (Wildman–Crippen MR) is 55.7 cm³/mol. The van der Waals surface area contributed by atoms with Crippen molar-refractivity contribution < 1.29 is 9.84 Å². The normalized spacial score (nSPS) is 18.8. The first kappa shape index (κ1) is 12.7. The molecule has 2 heteroatoms. The van der Waals surface area contributed by atoms with E-state index >= 15 is 0 Å². The van der Waals surface area contributed by atoms with Crippen LogP contribution >= 0.6 is 0 Å². The van der Waals surface area contributed by atoms with E-state index in [4.69, 9.17) is 9.84 Å². The van der Waals surface area contributed by atoms with Gasteiger partial charge in [0, 0.05) is 7.11 Å². The molecular formula is C11H22O2. The van der Waals surface area contributed by atoms with Crippen LogP contribution < -0.4 is 0 Å². The van der Waals surface area contributed by atoms with Crippen LogP contribution in [0.4, 0.5) is 0 Å². The van der Waals surface area contributed by atoms with Crippen molar-refractivity contribution in [1.82, 2.24) is 0 Å². The maximum Gasteiger partial charge on any atom is 0.0710 e. The van der Waals surface area contributed by atoms with Crippen molar-refractivity contribution in [1.29, 1.82) is 0 Å². The van der Waals surface area contributed by atoms with Crippen LogP contribution in [-0.4, -0.2) is 24.4 Å². The van der Waals surface area contributed by atoms with E-state index in [0.717, 1.165) is 12.8 Å². The average molecular weight is 186 g/mol. The second kappa shape index (κ2) is 6.17. The molecule has 0 rings (SSSR count). The lowest BCUT2D eigenvalue weighted by atomic mass is 9.85. The van der Waals surface area contributed by atoms with E-state index in [0.29, 0.717) is 5.92 Å². The molecule has 0 fully saturated rings. The molecule has 2 atom stereocenters. The van der Waals surface area contributed by atoms with Crippen LogP contribution in [-0.2, 0) is 4.74 Å². The molecule has 2 unspecified atom stereocenters. The first-order chi connectivity index (χ1) is 6.10. The van der Waals surface area contributed by atoms with E-state index < -0.39 is 0 Å². The fourth-order valence-corrected chi connectivity index (χ4v) is 1.31. The van der Waals surface area contributed by atoms with Crippen LogP contribution in [0.25, 0.3) is 0 Å². The van der Waals surface area contributed by atoms with Crippen molar-refractivity contribution >= 4 is 0 Å². The molecule has 2 nitrogen and oxygen atoms in total. The van der Waals surface area contributed by atoms with Gasteiger partial charge >= 0.3 is 0 Å². The van der Waals surface area contributed by atoms with Gasteiger partial charge in [0.05, 0.1) is 12.2 Å². The van der Waals surface area contributed by atoms with Gasteiger partial charge in [-0.05, 0) is 19.3 Å². The van der Waals surface area contributed by atoms with Gasteiger partial charge in [0.1, 0.15) is 0 Å². The minimum absolute atomic E-state index is 0.0968. The molecule has 0 aromatic carbocycles. The standard InChI is InChI=1S/C11H22O2/c1-5-10(2)11(3,13-4)8-6-7-9-12/h6-7,10,12H,5,8-9H2,1-4H3/b7-6+. The van der Waals surface area contributed by atoms with E-state index in [1.165, 1.54) is 0 Å². The first-order valence-electron chi connectivity index (χ1n) is 4.91. The Morgan fingerprint density at radius 1 is 1.46 bits per heavy atom. The topological polar surface area (TPSA) is 29.5 Å². The van der Waals surface area contributed by atoms with Crippen LogP contribution in [0.5, 0.6) is 0 Å². The highest BCUT2D eigenvalue weighted by molar-refractivity contribution is 4.92. The summed E-state index contributed by atoms with van der Waals surface area (Å²) in [6.45, 7) is 6.58. The molecule has 0 aromatic rings. The molecule has 0 aromatic heterocycles. The predicted octanol–water partition coefficient (Wildman–Crippen LogP) is 2.38. The van der Waals surface area contributed by atoms with E-state index in [9.17, 15) is 0 Å². The molecule has 0 bridgehead atoms. The van der Waals surface area contributed by atoms with Gasteiger partial charge in [0.25, 0.3) is 0 Å². The average Bonchev–Trinajstić information content (AvgIpc) is 2.16. The minimum atomic E-state index is -0.0968. The Labute approximate surface area is 81.6 Å². The molecule has 0 radical (unpaired) electrons. The highest BCUT2D eigenvalue weighted by atomic mass is 16.5. The molecule has 13 heavy (non-hydrogen) atoms. The first-order valence-corrected chi connectivity index (χ1v) is 4.91. The zero-order chi connectivity index (χ0) is 10.3. The molecule has 0 aliphatic heterocycles. The molecule has 1 N–H and O–H groups in total. The van der Waals surface area contributed by atoms with Gasteiger partial charge in [0.15, 0.2) is 0 Å². The summed E-state index contributed by atoms with van der Waals surface area (Å²) in [5.74, 6) is 0.529. The van der Waals surface area contributed by atoms with E-state index in [-0.39, 0.29) is 12.2 Å². The van der Waals surface area contributed by atoms with Gasteiger partial charge in [0.2, 0.25) is 0 Å². The Bertz CT molecular complexity index is 154. The van der Waals surface area contributed by atoms with Crippen LogP contribution in [0.3, 0.4) is 0 Å². The zero-order valence-corrected chi connectivity index (χ0v) is 9.21. The number of aliphatic hydroxyl groups excluding tert-OH is 1. The van der Waals surface area contributed by atoms with Crippen molar-refractivity contribution in [3.05, 3.63) is 12.2 Å². The van der Waals surface area contributed by atoms with Gasteiger partial charge < -0.3 is 9.84 Å². The second-order valence-electron chi connectivity index (χ2n) is 3.68. The van der Waals surface area contributed by atoms with Crippen LogP contribution in [0.1, 0.15) is 33.6 Å². The summed E-state index contributed by atoms with van der Waals surface area (Å²) < 4.78 is 5.50. The van der Waals surface area contributed by atoms with Crippen molar-refractivity contribution in [3.63, 3.8) is 0 Å². The molecule has 0 saturated heterocycles. The Kier molecular flexibility index (Phi) is 6.00. The smallest absolute Gasteiger partial charge is 0.0710 e. The van der Waals surface area contributed by atoms with Crippen molar-refractivity contribution in [2.45, 2.75) is 39.2 Å². The number of methoxy groups -OCH3 is 1. The highest BCUT2D eigenvalue weighted by Crippen LogP contribution is 2.27. The van der Waals surface area contributed by atoms with Gasteiger partial charge in [-0.3, -0.25) is 0 Å². The third kappa shape index (κ3) is 3.92. The lowest BCUT2D eigenvalue weighted by Gasteiger charge is -2.33. The summed E-state index contributed by atoms with van der Waals surface area (Å²) in [7, 11) is 1.75.